The number of hydrogen-bond acceptors (Lipinski definition) is 4. The Morgan fingerprint density at radius 2 is 1.89 bits per heavy atom. The predicted octanol–water partition coefficient (Wildman–Crippen LogP) is -0.299. The first-order chi connectivity index (χ1) is 8.54. The van der Waals surface area contributed by atoms with Gasteiger partial charge in [0.1, 0.15) is 0 Å². The fraction of sp³-hybridized carbons (Fsp3) is 0.545. The highest BCUT2D eigenvalue weighted by molar-refractivity contribution is 7.89. The van der Waals surface area contributed by atoms with Crippen LogP contribution in [0.2, 0.25) is 0 Å². The van der Waals surface area contributed by atoms with E-state index in [1.165, 1.54) is 22.6 Å². The first-order valence-electron chi connectivity index (χ1n) is 5.95. The van der Waals surface area contributed by atoms with Crippen molar-refractivity contribution in [1.29, 1.82) is 0 Å². The molecule has 0 radical (unpaired) electrons. The summed E-state index contributed by atoms with van der Waals surface area (Å²) in [5, 5.41) is 0. The lowest BCUT2D eigenvalue weighted by Gasteiger charge is -2.33. The molecule has 2 rings (SSSR count). The fourth-order valence-corrected chi connectivity index (χ4v) is 3.38. The van der Waals surface area contributed by atoms with Crippen molar-refractivity contribution in [3.05, 3.63) is 28.7 Å². The molecular formula is C11H17N3O3S. The van der Waals surface area contributed by atoms with Crippen molar-refractivity contribution in [3.63, 3.8) is 0 Å². The van der Waals surface area contributed by atoms with Crippen LogP contribution in [0.5, 0.6) is 0 Å². The molecule has 2 heterocycles. The van der Waals surface area contributed by atoms with E-state index in [4.69, 9.17) is 0 Å². The van der Waals surface area contributed by atoms with Crippen LogP contribution in [0.3, 0.4) is 0 Å². The smallest absolute Gasteiger partial charge is 0.247 e. The van der Waals surface area contributed by atoms with Crippen molar-refractivity contribution in [2.75, 3.05) is 32.7 Å². The van der Waals surface area contributed by atoms with Gasteiger partial charge in [0.15, 0.2) is 0 Å². The number of nitrogens with zero attached hydrogens (tertiary/aromatic N) is 2. The molecule has 0 atom stereocenters. The zero-order valence-electron chi connectivity index (χ0n) is 10.3. The van der Waals surface area contributed by atoms with Gasteiger partial charge >= 0.3 is 0 Å². The van der Waals surface area contributed by atoms with Gasteiger partial charge in [-0.1, -0.05) is 6.92 Å². The third-order valence-electron chi connectivity index (χ3n) is 3.17. The molecule has 7 heteroatoms. The largest absolute Gasteiger partial charge is 0.328 e. The minimum Gasteiger partial charge on any atom is -0.328 e. The molecule has 18 heavy (non-hydrogen) atoms. The van der Waals surface area contributed by atoms with Crippen LogP contribution in [0.15, 0.2) is 28.0 Å². The van der Waals surface area contributed by atoms with E-state index in [0.29, 0.717) is 13.1 Å². The van der Waals surface area contributed by atoms with Crippen LogP contribution in [0.25, 0.3) is 0 Å². The van der Waals surface area contributed by atoms with Gasteiger partial charge < -0.3 is 9.88 Å². The third-order valence-corrected chi connectivity index (χ3v) is 5.07. The minimum atomic E-state index is -3.47. The van der Waals surface area contributed by atoms with Crippen molar-refractivity contribution in [3.8, 4) is 0 Å². The van der Waals surface area contributed by atoms with Crippen LogP contribution in [0.4, 0.5) is 0 Å². The first kappa shape index (κ1) is 13.3. The average Bonchev–Trinajstić information content (AvgIpc) is 2.39. The highest BCUT2D eigenvalue weighted by atomic mass is 32.2. The standard InChI is InChI=1S/C11H17N3O3S/c1-2-13-5-7-14(8-6-13)18(16,17)10-3-4-11(15)12-9-10/h3-4,9H,2,5-8H2,1H3,(H,12,15). The van der Waals surface area contributed by atoms with Crippen LogP contribution in [-0.2, 0) is 10.0 Å². The molecule has 0 saturated carbocycles. The molecule has 1 aromatic heterocycles. The van der Waals surface area contributed by atoms with Crippen molar-refractivity contribution < 1.29 is 8.42 Å². The van der Waals surface area contributed by atoms with Gasteiger partial charge in [0, 0.05) is 38.4 Å². The topological polar surface area (TPSA) is 73.5 Å². The summed E-state index contributed by atoms with van der Waals surface area (Å²) in [6, 6.07) is 2.58. The Hall–Kier alpha value is -1.18. The first-order valence-corrected chi connectivity index (χ1v) is 7.39. The Labute approximate surface area is 106 Å². The van der Waals surface area contributed by atoms with Crippen LogP contribution in [0, 0.1) is 0 Å². The number of nitrogens with one attached hydrogen (secondary N) is 1. The van der Waals surface area contributed by atoms with E-state index in [1.54, 1.807) is 0 Å². The van der Waals surface area contributed by atoms with Crippen LogP contribution < -0.4 is 5.56 Å². The summed E-state index contributed by atoms with van der Waals surface area (Å²) >= 11 is 0. The second-order valence-corrected chi connectivity index (χ2v) is 6.16. The van der Waals surface area contributed by atoms with E-state index in [0.717, 1.165) is 19.6 Å². The van der Waals surface area contributed by atoms with E-state index in [-0.39, 0.29) is 10.5 Å². The lowest BCUT2D eigenvalue weighted by molar-refractivity contribution is 0.196. The maximum absolute atomic E-state index is 12.3. The SMILES string of the molecule is CCN1CCN(S(=O)(=O)c2ccc(=O)[nH]c2)CC1. The number of H-pyrrole nitrogens is 1. The molecule has 1 saturated heterocycles. The van der Waals surface area contributed by atoms with Crippen LogP contribution in [-0.4, -0.2) is 55.3 Å². The molecule has 1 fully saturated rings. The molecule has 0 unspecified atom stereocenters. The molecule has 100 valence electrons. The lowest BCUT2D eigenvalue weighted by Crippen LogP contribution is -2.48. The molecule has 6 nitrogen and oxygen atoms in total. The summed E-state index contributed by atoms with van der Waals surface area (Å²) < 4.78 is 26.0. The second kappa shape index (κ2) is 5.21. The number of aromatic amines is 1. The molecule has 1 aromatic rings. The molecule has 0 aromatic carbocycles. The highest BCUT2D eigenvalue weighted by Gasteiger charge is 2.27. The Kier molecular flexibility index (Phi) is 3.84. The summed E-state index contributed by atoms with van der Waals surface area (Å²) in [4.78, 5) is 15.7. The van der Waals surface area contributed by atoms with Crippen molar-refractivity contribution in [1.82, 2.24) is 14.2 Å². The summed E-state index contributed by atoms with van der Waals surface area (Å²) in [5.41, 5.74) is -0.301. The Morgan fingerprint density at radius 1 is 1.22 bits per heavy atom. The second-order valence-electron chi connectivity index (χ2n) is 4.23. The number of sulfonamides is 1. The van der Waals surface area contributed by atoms with Gasteiger partial charge in [0.25, 0.3) is 0 Å². The quantitative estimate of drug-likeness (QED) is 0.819. The summed E-state index contributed by atoms with van der Waals surface area (Å²) in [6.07, 6.45) is 1.25. The van der Waals surface area contributed by atoms with Gasteiger partial charge in [-0.2, -0.15) is 4.31 Å². The summed E-state index contributed by atoms with van der Waals surface area (Å²) in [5.74, 6) is 0. The van der Waals surface area contributed by atoms with Gasteiger partial charge in [-0.05, 0) is 12.6 Å². The van der Waals surface area contributed by atoms with Crippen molar-refractivity contribution >= 4 is 10.0 Å². The van der Waals surface area contributed by atoms with E-state index >= 15 is 0 Å². The zero-order valence-corrected chi connectivity index (χ0v) is 11.1. The summed E-state index contributed by atoms with van der Waals surface area (Å²) in [7, 11) is -3.47. The van der Waals surface area contributed by atoms with E-state index < -0.39 is 10.0 Å². The van der Waals surface area contributed by atoms with Gasteiger partial charge in [-0.3, -0.25) is 4.79 Å². The monoisotopic (exact) mass is 271 g/mol. The third kappa shape index (κ3) is 2.63. The average molecular weight is 271 g/mol. The number of likely N-dealkylation sites (N-methyl/N-ethyl adjacent to an activating group) is 1. The maximum atomic E-state index is 12.3. The lowest BCUT2D eigenvalue weighted by atomic mass is 10.4. The maximum Gasteiger partial charge on any atom is 0.247 e. The zero-order chi connectivity index (χ0) is 13.2. The van der Waals surface area contributed by atoms with Crippen molar-refractivity contribution in [2.24, 2.45) is 0 Å². The molecule has 0 bridgehead atoms. The number of piperazine rings is 1. The molecular weight excluding hydrogens is 254 g/mol. The van der Waals surface area contributed by atoms with E-state index in [9.17, 15) is 13.2 Å². The van der Waals surface area contributed by atoms with E-state index in [1.807, 2.05) is 0 Å². The number of aromatic nitrogens is 1. The molecule has 1 N–H and O–H groups in total. The van der Waals surface area contributed by atoms with Gasteiger partial charge in [0.05, 0.1) is 4.90 Å². The normalized spacial score (nSPS) is 18.9. The minimum absolute atomic E-state index is 0.145. The molecule has 1 aliphatic heterocycles. The van der Waals surface area contributed by atoms with Gasteiger partial charge in [0.2, 0.25) is 15.6 Å². The number of pyridine rings is 1. The molecule has 1 aliphatic rings. The molecule has 0 spiro atoms. The molecule has 0 amide bonds. The van der Waals surface area contributed by atoms with Crippen molar-refractivity contribution in [2.45, 2.75) is 11.8 Å². The Bertz CT molecular complexity index is 539. The Balaban J connectivity index is 2.17. The number of hydrogen-bond donors (Lipinski definition) is 1. The number of rotatable bonds is 3. The fourth-order valence-electron chi connectivity index (χ4n) is 1.99. The van der Waals surface area contributed by atoms with Crippen LogP contribution in [0.1, 0.15) is 6.92 Å². The summed E-state index contributed by atoms with van der Waals surface area (Å²) in [6.45, 7) is 5.49. The Morgan fingerprint density at radius 3 is 2.39 bits per heavy atom. The van der Waals surface area contributed by atoms with Gasteiger partial charge in [-0.15, -0.1) is 0 Å². The molecule has 0 aliphatic carbocycles. The van der Waals surface area contributed by atoms with Crippen LogP contribution >= 0.6 is 0 Å². The highest BCUT2D eigenvalue weighted by Crippen LogP contribution is 2.15. The van der Waals surface area contributed by atoms with E-state index in [2.05, 4.69) is 16.8 Å². The predicted molar refractivity (Wildman–Crippen MR) is 67.9 cm³/mol. The van der Waals surface area contributed by atoms with Gasteiger partial charge in [-0.25, -0.2) is 8.42 Å².